The van der Waals surface area contributed by atoms with E-state index < -0.39 is 11.2 Å². The van der Waals surface area contributed by atoms with Crippen molar-refractivity contribution >= 4 is 0 Å². The SMILES string of the molecule is C[C@H](CCC(C)(C)O)[C@H]1CC[C@H]2[C@@H]3CC[C@@H]4C[C@@](C)(O)CC[C@]4(C)[C@H]3CC[C@]12C. The third kappa shape index (κ3) is 3.84. The zero-order valence-corrected chi connectivity index (χ0v) is 20.1. The van der Waals surface area contributed by atoms with Crippen molar-refractivity contribution in [3.8, 4) is 0 Å². The smallest absolute Gasteiger partial charge is 0.0622 e. The van der Waals surface area contributed by atoms with Crippen molar-refractivity contribution in [3.63, 3.8) is 0 Å². The Labute approximate surface area is 180 Å². The molecule has 0 saturated heterocycles. The van der Waals surface area contributed by atoms with Gasteiger partial charge in [0.15, 0.2) is 0 Å². The molecule has 0 aromatic heterocycles. The Balaban J connectivity index is 1.49. The van der Waals surface area contributed by atoms with Gasteiger partial charge in [0.2, 0.25) is 0 Å². The minimum Gasteiger partial charge on any atom is -0.390 e. The van der Waals surface area contributed by atoms with Crippen LogP contribution in [0.25, 0.3) is 0 Å². The third-order valence-corrected chi connectivity index (χ3v) is 10.9. The van der Waals surface area contributed by atoms with E-state index in [2.05, 4.69) is 27.7 Å². The Morgan fingerprint density at radius 1 is 0.897 bits per heavy atom. The first-order chi connectivity index (χ1) is 13.4. The molecule has 29 heavy (non-hydrogen) atoms. The Kier molecular flexibility index (Phi) is 5.51. The maximum Gasteiger partial charge on any atom is 0.0622 e. The van der Waals surface area contributed by atoms with E-state index >= 15 is 0 Å². The molecule has 0 aromatic rings. The van der Waals surface area contributed by atoms with Gasteiger partial charge in [0.25, 0.3) is 0 Å². The van der Waals surface area contributed by atoms with Gasteiger partial charge in [-0.3, -0.25) is 0 Å². The summed E-state index contributed by atoms with van der Waals surface area (Å²) in [5, 5.41) is 20.9. The highest BCUT2D eigenvalue weighted by atomic mass is 16.3. The first kappa shape index (κ1) is 22.1. The predicted octanol–water partition coefficient (Wildman–Crippen LogP) is 6.58. The van der Waals surface area contributed by atoms with Crippen LogP contribution in [-0.2, 0) is 0 Å². The zero-order chi connectivity index (χ0) is 21.2. The molecule has 0 spiro atoms. The first-order valence-electron chi connectivity index (χ1n) is 12.8. The van der Waals surface area contributed by atoms with Crippen LogP contribution in [0.15, 0.2) is 0 Å². The summed E-state index contributed by atoms with van der Waals surface area (Å²) < 4.78 is 0. The summed E-state index contributed by atoms with van der Waals surface area (Å²) in [5.74, 6) is 5.03. The van der Waals surface area contributed by atoms with E-state index in [-0.39, 0.29) is 0 Å². The van der Waals surface area contributed by atoms with Crippen molar-refractivity contribution in [1.82, 2.24) is 0 Å². The molecule has 0 amide bonds. The first-order valence-corrected chi connectivity index (χ1v) is 12.8. The lowest BCUT2D eigenvalue weighted by atomic mass is 9.43. The summed E-state index contributed by atoms with van der Waals surface area (Å²) in [4.78, 5) is 0. The molecule has 4 rings (SSSR count). The maximum atomic E-state index is 10.7. The molecule has 0 heterocycles. The zero-order valence-electron chi connectivity index (χ0n) is 20.1. The summed E-state index contributed by atoms with van der Waals surface area (Å²) in [6, 6.07) is 0. The second-order valence-electron chi connectivity index (χ2n) is 13.4. The maximum absolute atomic E-state index is 10.7. The van der Waals surface area contributed by atoms with Gasteiger partial charge in [0.05, 0.1) is 11.2 Å². The van der Waals surface area contributed by atoms with Gasteiger partial charge in [-0.25, -0.2) is 0 Å². The molecule has 0 aliphatic heterocycles. The molecule has 9 atom stereocenters. The molecule has 0 unspecified atom stereocenters. The Morgan fingerprint density at radius 3 is 2.28 bits per heavy atom. The lowest BCUT2D eigenvalue weighted by molar-refractivity contribution is -0.148. The van der Waals surface area contributed by atoms with E-state index in [0.717, 1.165) is 54.8 Å². The van der Waals surface area contributed by atoms with Gasteiger partial charge >= 0.3 is 0 Å². The van der Waals surface area contributed by atoms with Crippen molar-refractivity contribution in [2.24, 2.45) is 46.3 Å². The fourth-order valence-electron chi connectivity index (χ4n) is 9.19. The normalized spacial score (nSPS) is 51.1. The van der Waals surface area contributed by atoms with Gasteiger partial charge in [-0.05, 0) is 138 Å². The predicted molar refractivity (Wildman–Crippen MR) is 121 cm³/mol. The van der Waals surface area contributed by atoms with Crippen molar-refractivity contribution < 1.29 is 10.2 Å². The third-order valence-electron chi connectivity index (χ3n) is 10.9. The molecule has 2 N–H and O–H groups in total. The highest BCUT2D eigenvalue weighted by Gasteiger charge is 2.61. The van der Waals surface area contributed by atoms with E-state index in [9.17, 15) is 10.2 Å². The average molecular weight is 405 g/mol. The average Bonchev–Trinajstić information content (AvgIpc) is 2.97. The van der Waals surface area contributed by atoms with Crippen LogP contribution < -0.4 is 0 Å². The van der Waals surface area contributed by atoms with Crippen LogP contribution in [0, 0.1) is 46.3 Å². The molecule has 0 aromatic carbocycles. The summed E-state index contributed by atoms with van der Waals surface area (Å²) in [6.07, 6.45) is 13.8. The van der Waals surface area contributed by atoms with Crippen LogP contribution in [0.2, 0.25) is 0 Å². The van der Waals surface area contributed by atoms with Gasteiger partial charge in [-0.15, -0.1) is 0 Å². The van der Waals surface area contributed by atoms with Gasteiger partial charge in [-0.1, -0.05) is 20.8 Å². The quantitative estimate of drug-likeness (QED) is 0.555. The standard InChI is InChI=1S/C27H48O2/c1-18(11-13-24(2,3)28)21-9-10-22-20-8-7-19-17-25(4,29)15-16-26(19,5)23(20)12-14-27(21,22)6/h18-23,28-29H,7-17H2,1-6H3/t18-,19-,20+,21-,22+,23+,25+,26+,27-/m1/s1. The second kappa shape index (κ2) is 7.22. The van der Waals surface area contributed by atoms with Crippen LogP contribution in [0.1, 0.15) is 112 Å². The molecule has 4 fully saturated rings. The Morgan fingerprint density at radius 2 is 1.59 bits per heavy atom. The van der Waals surface area contributed by atoms with Gasteiger partial charge in [0, 0.05) is 0 Å². The molecule has 4 aliphatic carbocycles. The van der Waals surface area contributed by atoms with Crippen LogP contribution in [-0.4, -0.2) is 21.4 Å². The van der Waals surface area contributed by atoms with Crippen molar-refractivity contribution in [2.45, 2.75) is 123 Å². The molecule has 2 heteroatoms. The number of hydrogen-bond acceptors (Lipinski definition) is 2. The Hall–Kier alpha value is -0.0800. The minimum absolute atomic E-state index is 0.422. The molecule has 0 radical (unpaired) electrons. The van der Waals surface area contributed by atoms with Gasteiger partial charge in [-0.2, -0.15) is 0 Å². The largest absolute Gasteiger partial charge is 0.390 e. The fraction of sp³-hybridized carbons (Fsp3) is 1.00. The number of fused-ring (bicyclic) bond motifs is 5. The van der Waals surface area contributed by atoms with Gasteiger partial charge in [0.1, 0.15) is 0 Å². The molecular weight excluding hydrogens is 356 g/mol. The summed E-state index contributed by atoms with van der Waals surface area (Å²) in [6.45, 7) is 13.7. The van der Waals surface area contributed by atoms with Gasteiger partial charge < -0.3 is 10.2 Å². The van der Waals surface area contributed by atoms with E-state index in [1.54, 1.807) is 0 Å². The fourth-order valence-corrected chi connectivity index (χ4v) is 9.19. The summed E-state index contributed by atoms with van der Waals surface area (Å²) >= 11 is 0. The highest BCUT2D eigenvalue weighted by molar-refractivity contribution is 5.10. The summed E-state index contributed by atoms with van der Waals surface area (Å²) in [5.41, 5.74) is 0.0369. The number of hydrogen-bond donors (Lipinski definition) is 2. The molecule has 4 saturated carbocycles. The van der Waals surface area contributed by atoms with Crippen LogP contribution in [0.3, 0.4) is 0 Å². The van der Waals surface area contributed by atoms with Crippen LogP contribution >= 0.6 is 0 Å². The van der Waals surface area contributed by atoms with Crippen molar-refractivity contribution in [3.05, 3.63) is 0 Å². The topological polar surface area (TPSA) is 40.5 Å². The van der Waals surface area contributed by atoms with Crippen LogP contribution in [0.5, 0.6) is 0 Å². The second-order valence-corrected chi connectivity index (χ2v) is 13.4. The molecule has 0 bridgehead atoms. The van der Waals surface area contributed by atoms with E-state index in [1.807, 2.05) is 13.8 Å². The lowest BCUT2D eigenvalue weighted by Gasteiger charge is -2.62. The lowest BCUT2D eigenvalue weighted by Crippen LogP contribution is -2.55. The van der Waals surface area contributed by atoms with E-state index in [1.165, 1.54) is 51.4 Å². The van der Waals surface area contributed by atoms with E-state index in [4.69, 9.17) is 0 Å². The Bertz CT molecular complexity index is 604. The summed E-state index contributed by atoms with van der Waals surface area (Å²) in [7, 11) is 0. The highest BCUT2D eigenvalue weighted by Crippen LogP contribution is 2.68. The number of rotatable bonds is 4. The van der Waals surface area contributed by atoms with Crippen molar-refractivity contribution in [2.75, 3.05) is 0 Å². The number of aliphatic hydroxyl groups is 2. The molecular formula is C27H48O2. The van der Waals surface area contributed by atoms with E-state index in [0.29, 0.717) is 10.8 Å². The minimum atomic E-state index is -0.528. The monoisotopic (exact) mass is 404 g/mol. The molecule has 168 valence electrons. The molecule has 4 aliphatic rings. The molecule has 2 nitrogen and oxygen atoms in total. The van der Waals surface area contributed by atoms with Crippen molar-refractivity contribution in [1.29, 1.82) is 0 Å². The van der Waals surface area contributed by atoms with Crippen LogP contribution in [0.4, 0.5) is 0 Å².